The molecule has 0 amide bonds. The Balaban J connectivity index is 1.42. The van der Waals surface area contributed by atoms with E-state index in [2.05, 4.69) is 68.3 Å². The Bertz CT molecular complexity index is 853. The number of ether oxygens (including phenoxy) is 1. The van der Waals surface area contributed by atoms with Crippen LogP contribution in [-0.4, -0.2) is 41.1 Å². The Morgan fingerprint density at radius 1 is 1.04 bits per heavy atom. The van der Waals surface area contributed by atoms with Crippen LogP contribution in [0.3, 0.4) is 0 Å². The molecule has 7 heteroatoms. The number of morpholine rings is 1. The molecule has 0 bridgehead atoms. The number of benzene rings is 1. The van der Waals surface area contributed by atoms with Gasteiger partial charge in [0.25, 0.3) is 0 Å². The molecule has 0 unspecified atom stereocenters. The molecule has 3 heterocycles. The highest BCUT2D eigenvalue weighted by Gasteiger charge is 2.17. The fraction of sp³-hybridized carbons (Fsp3) is 0.368. The molecule has 0 aliphatic carbocycles. The van der Waals surface area contributed by atoms with Gasteiger partial charge in [0.2, 0.25) is 10.3 Å². The topological polar surface area (TPSA) is 55.2 Å². The molecule has 4 rings (SSSR count). The number of hydrogen-bond acceptors (Lipinski definition) is 6. The van der Waals surface area contributed by atoms with Gasteiger partial charge in [-0.25, -0.2) is 0 Å². The van der Waals surface area contributed by atoms with Gasteiger partial charge < -0.3 is 15.0 Å². The van der Waals surface area contributed by atoms with E-state index in [-0.39, 0.29) is 0 Å². The lowest BCUT2D eigenvalue weighted by atomic mass is 10.1. The fourth-order valence-electron chi connectivity index (χ4n) is 3.07. The Kier molecular flexibility index (Phi) is 5.29. The van der Waals surface area contributed by atoms with E-state index < -0.39 is 0 Å². The van der Waals surface area contributed by atoms with Gasteiger partial charge in [-0.05, 0) is 30.2 Å². The van der Waals surface area contributed by atoms with Gasteiger partial charge in [0, 0.05) is 38.1 Å². The van der Waals surface area contributed by atoms with Crippen molar-refractivity contribution in [2.24, 2.45) is 0 Å². The van der Waals surface area contributed by atoms with E-state index in [0.717, 1.165) is 49.7 Å². The van der Waals surface area contributed by atoms with E-state index in [1.165, 1.54) is 16.8 Å². The second-order valence-electron chi connectivity index (χ2n) is 6.37. The molecule has 1 N–H and O–H groups in total. The predicted octanol–water partition coefficient (Wildman–Crippen LogP) is 2.76. The lowest BCUT2D eigenvalue weighted by Crippen LogP contribution is -2.36. The van der Waals surface area contributed by atoms with Gasteiger partial charge >= 0.3 is 0 Å². The molecule has 0 saturated carbocycles. The lowest BCUT2D eigenvalue weighted by molar-refractivity contribution is 0.122. The third-order valence-corrected chi connectivity index (χ3v) is 5.59. The number of rotatable bonds is 6. The van der Waals surface area contributed by atoms with E-state index in [0.29, 0.717) is 0 Å². The Morgan fingerprint density at radius 2 is 1.85 bits per heavy atom. The lowest BCUT2D eigenvalue weighted by Gasteiger charge is -2.25. The summed E-state index contributed by atoms with van der Waals surface area (Å²) in [5, 5.41) is 14.2. The summed E-state index contributed by atoms with van der Waals surface area (Å²) in [6.45, 7) is 7.06. The maximum atomic E-state index is 5.41. The van der Waals surface area contributed by atoms with Crippen LogP contribution in [0.25, 0.3) is 5.13 Å². The average molecular weight is 369 g/mol. The van der Waals surface area contributed by atoms with Crippen LogP contribution >= 0.6 is 11.3 Å². The Morgan fingerprint density at radius 3 is 2.69 bits per heavy atom. The summed E-state index contributed by atoms with van der Waals surface area (Å²) in [7, 11) is 0. The number of nitrogens with one attached hydrogen (secondary N) is 1. The highest BCUT2D eigenvalue weighted by atomic mass is 32.1. The van der Waals surface area contributed by atoms with E-state index >= 15 is 0 Å². The van der Waals surface area contributed by atoms with E-state index in [1.54, 1.807) is 11.3 Å². The van der Waals surface area contributed by atoms with Crippen LogP contribution in [0.15, 0.2) is 42.6 Å². The van der Waals surface area contributed by atoms with Crippen LogP contribution in [-0.2, 0) is 17.8 Å². The van der Waals surface area contributed by atoms with Crippen molar-refractivity contribution in [1.29, 1.82) is 0 Å². The third-order valence-electron chi connectivity index (χ3n) is 4.61. The molecule has 0 atom stereocenters. The van der Waals surface area contributed by atoms with E-state index in [1.807, 2.05) is 6.20 Å². The van der Waals surface area contributed by atoms with Crippen LogP contribution in [0.5, 0.6) is 0 Å². The minimum atomic E-state index is 0.756. The minimum Gasteiger partial charge on any atom is -0.378 e. The maximum absolute atomic E-state index is 5.41. The van der Waals surface area contributed by atoms with Crippen molar-refractivity contribution >= 4 is 16.5 Å². The summed E-state index contributed by atoms with van der Waals surface area (Å²) < 4.78 is 7.53. The first-order valence-electron chi connectivity index (χ1n) is 8.89. The largest absolute Gasteiger partial charge is 0.378 e. The van der Waals surface area contributed by atoms with Crippen molar-refractivity contribution in [3.05, 3.63) is 59.4 Å². The monoisotopic (exact) mass is 369 g/mol. The van der Waals surface area contributed by atoms with Gasteiger partial charge in [-0.15, -0.1) is 10.2 Å². The van der Waals surface area contributed by atoms with Crippen molar-refractivity contribution < 1.29 is 4.74 Å². The summed E-state index contributed by atoms with van der Waals surface area (Å²) in [5.41, 5.74) is 3.83. The predicted molar refractivity (Wildman–Crippen MR) is 104 cm³/mol. The second-order valence-corrected chi connectivity index (χ2v) is 7.30. The summed E-state index contributed by atoms with van der Waals surface area (Å²) in [4.78, 5) is 2.24. The quantitative estimate of drug-likeness (QED) is 0.724. The third kappa shape index (κ3) is 3.80. The minimum absolute atomic E-state index is 0.756. The van der Waals surface area contributed by atoms with Crippen molar-refractivity contribution in [2.75, 3.05) is 31.2 Å². The Hall–Kier alpha value is -2.22. The van der Waals surface area contributed by atoms with Gasteiger partial charge in [0.15, 0.2) is 0 Å². The van der Waals surface area contributed by atoms with Crippen LogP contribution in [0, 0.1) is 6.92 Å². The molecular weight excluding hydrogens is 346 g/mol. The highest BCUT2D eigenvalue weighted by Crippen LogP contribution is 2.25. The summed E-state index contributed by atoms with van der Waals surface area (Å²) in [5.74, 6) is 0. The van der Waals surface area contributed by atoms with Gasteiger partial charge in [-0.3, -0.25) is 4.57 Å². The molecular formula is C19H23N5OS. The van der Waals surface area contributed by atoms with Crippen molar-refractivity contribution in [3.8, 4) is 5.13 Å². The zero-order chi connectivity index (χ0) is 17.8. The number of aryl methyl sites for hydroxylation is 1. The molecule has 2 aromatic heterocycles. The molecule has 1 fully saturated rings. The molecule has 1 aliphatic heterocycles. The van der Waals surface area contributed by atoms with Gasteiger partial charge in [0.05, 0.1) is 13.2 Å². The van der Waals surface area contributed by atoms with Crippen LogP contribution in [0.2, 0.25) is 0 Å². The van der Waals surface area contributed by atoms with Crippen molar-refractivity contribution in [1.82, 2.24) is 20.1 Å². The number of anilines is 1. The zero-order valence-electron chi connectivity index (χ0n) is 14.9. The van der Waals surface area contributed by atoms with Crippen molar-refractivity contribution in [2.45, 2.75) is 20.0 Å². The SMILES string of the molecule is Cc1ccccc1CNCc1cccn1-c1nnc(N2CCOCC2)s1. The van der Waals surface area contributed by atoms with Gasteiger partial charge in [-0.1, -0.05) is 35.6 Å². The average Bonchev–Trinajstić information content (AvgIpc) is 3.33. The Labute approximate surface area is 157 Å². The van der Waals surface area contributed by atoms with Crippen LogP contribution in [0.4, 0.5) is 5.13 Å². The van der Waals surface area contributed by atoms with Gasteiger partial charge in [0.1, 0.15) is 0 Å². The van der Waals surface area contributed by atoms with Crippen LogP contribution < -0.4 is 10.2 Å². The van der Waals surface area contributed by atoms with E-state index in [9.17, 15) is 0 Å². The number of hydrogen-bond donors (Lipinski definition) is 1. The number of nitrogens with zero attached hydrogens (tertiary/aromatic N) is 4. The summed E-state index contributed by atoms with van der Waals surface area (Å²) in [6, 6.07) is 12.7. The molecule has 1 aliphatic rings. The molecule has 136 valence electrons. The summed E-state index contributed by atoms with van der Waals surface area (Å²) >= 11 is 1.63. The number of aromatic nitrogens is 3. The molecule has 1 aromatic carbocycles. The second kappa shape index (κ2) is 7.99. The zero-order valence-corrected chi connectivity index (χ0v) is 15.7. The molecule has 0 spiro atoms. The van der Waals surface area contributed by atoms with Crippen LogP contribution in [0.1, 0.15) is 16.8 Å². The van der Waals surface area contributed by atoms with Gasteiger partial charge in [-0.2, -0.15) is 0 Å². The first-order valence-corrected chi connectivity index (χ1v) is 9.71. The first kappa shape index (κ1) is 17.2. The smallest absolute Gasteiger partial charge is 0.218 e. The molecule has 3 aromatic rings. The molecule has 1 saturated heterocycles. The molecule has 0 radical (unpaired) electrons. The normalized spacial score (nSPS) is 14.7. The van der Waals surface area contributed by atoms with E-state index in [4.69, 9.17) is 4.74 Å². The fourth-order valence-corrected chi connectivity index (χ4v) is 3.98. The summed E-state index contributed by atoms with van der Waals surface area (Å²) in [6.07, 6.45) is 2.05. The standard InChI is InChI=1S/C19H23N5OS/c1-15-5-2-3-6-16(15)13-20-14-17-7-4-8-24(17)19-22-21-18(26-19)23-9-11-25-12-10-23/h2-8,20H,9-14H2,1H3. The maximum Gasteiger partial charge on any atom is 0.218 e. The first-order chi connectivity index (χ1) is 12.8. The molecule has 6 nitrogen and oxygen atoms in total. The highest BCUT2D eigenvalue weighted by molar-refractivity contribution is 7.17. The molecule has 26 heavy (non-hydrogen) atoms. The van der Waals surface area contributed by atoms with Crippen molar-refractivity contribution in [3.63, 3.8) is 0 Å².